The summed E-state index contributed by atoms with van der Waals surface area (Å²) in [5.74, 6) is 0.0347. The number of aliphatic hydroxyl groups excluding tert-OH is 1. The Balaban J connectivity index is 2.13. The van der Waals surface area contributed by atoms with Crippen molar-refractivity contribution < 1.29 is 24.2 Å². The largest absolute Gasteiger partial charge is 0.491 e. The van der Waals surface area contributed by atoms with E-state index in [1.807, 2.05) is 0 Å². The minimum absolute atomic E-state index is 0.0909. The zero-order valence-electron chi connectivity index (χ0n) is 17.5. The molecule has 2 amide bonds. The van der Waals surface area contributed by atoms with E-state index in [0.717, 1.165) is 0 Å². The summed E-state index contributed by atoms with van der Waals surface area (Å²) in [6.07, 6.45) is 3.34. The molecule has 0 saturated heterocycles. The maximum atomic E-state index is 11.7. The average molecular weight is 419 g/mol. The van der Waals surface area contributed by atoms with Gasteiger partial charge >= 0.3 is 6.09 Å². The predicted molar refractivity (Wildman–Crippen MR) is 113 cm³/mol. The number of benzene rings is 1. The minimum Gasteiger partial charge on any atom is -0.491 e. The van der Waals surface area contributed by atoms with E-state index in [-0.39, 0.29) is 24.7 Å². The van der Waals surface area contributed by atoms with E-state index < -0.39 is 17.6 Å². The highest BCUT2D eigenvalue weighted by molar-refractivity contribution is 5.98. The third-order valence-electron chi connectivity index (χ3n) is 3.93. The van der Waals surface area contributed by atoms with Gasteiger partial charge in [-0.15, -0.1) is 0 Å². The molecule has 6 N–H and O–H groups in total. The number of hydrogen-bond acceptors (Lipinski definition) is 7. The van der Waals surface area contributed by atoms with Gasteiger partial charge in [-0.05, 0) is 39.3 Å². The van der Waals surface area contributed by atoms with Crippen LogP contribution in [-0.2, 0) is 11.3 Å². The van der Waals surface area contributed by atoms with E-state index in [1.165, 1.54) is 0 Å². The summed E-state index contributed by atoms with van der Waals surface area (Å²) in [5.41, 5.74) is 12.2. The maximum Gasteiger partial charge on any atom is 0.407 e. The lowest BCUT2D eigenvalue weighted by Crippen LogP contribution is -2.33. The van der Waals surface area contributed by atoms with E-state index in [9.17, 15) is 9.59 Å². The molecule has 1 aromatic heterocycles. The highest BCUT2D eigenvalue weighted by atomic mass is 16.6. The Morgan fingerprint density at radius 2 is 2.03 bits per heavy atom. The number of anilines is 1. The SMILES string of the molecule is CC(C)(C)OC(=O)NCCCOc1cc(C(N)=O)cc2nc(N)n(C/C=C/CO)c12. The van der Waals surface area contributed by atoms with Crippen LogP contribution >= 0.6 is 0 Å². The number of fused-ring (bicyclic) bond motifs is 1. The Bertz CT molecular complexity index is 930. The summed E-state index contributed by atoms with van der Waals surface area (Å²) in [5, 5.41) is 11.6. The van der Waals surface area contributed by atoms with Crippen LogP contribution in [0.5, 0.6) is 5.75 Å². The molecule has 0 atom stereocenters. The van der Waals surface area contributed by atoms with Gasteiger partial charge in [0.1, 0.15) is 16.9 Å². The fourth-order valence-electron chi connectivity index (χ4n) is 2.70. The number of primary amides is 1. The van der Waals surface area contributed by atoms with E-state index in [1.54, 1.807) is 49.6 Å². The van der Waals surface area contributed by atoms with Crippen LogP contribution in [0.3, 0.4) is 0 Å². The van der Waals surface area contributed by atoms with E-state index >= 15 is 0 Å². The first kappa shape index (κ1) is 23.0. The van der Waals surface area contributed by atoms with Gasteiger partial charge in [0.15, 0.2) is 0 Å². The Kier molecular flexibility index (Phi) is 7.65. The summed E-state index contributed by atoms with van der Waals surface area (Å²) < 4.78 is 12.7. The minimum atomic E-state index is -0.610. The van der Waals surface area contributed by atoms with Gasteiger partial charge in [0, 0.05) is 18.7 Å². The zero-order valence-corrected chi connectivity index (χ0v) is 17.5. The van der Waals surface area contributed by atoms with Gasteiger partial charge in [-0.2, -0.15) is 0 Å². The molecule has 10 heteroatoms. The zero-order chi connectivity index (χ0) is 22.3. The fourth-order valence-corrected chi connectivity index (χ4v) is 2.70. The Morgan fingerprint density at radius 1 is 1.30 bits per heavy atom. The average Bonchev–Trinajstić information content (AvgIpc) is 2.95. The highest BCUT2D eigenvalue weighted by Crippen LogP contribution is 2.30. The molecule has 0 spiro atoms. The quantitative estimate of drug-likeness (QED) is 0.355. The number of nitrogens with one attached hydrogen (secondary N) is 1. The van der Waals surface area contributed by atoms with Gasteiger partial charge in [-0.25, -0.2) is 9.78 Å². The van der Waals surface area contributed by atoms with Crippen molar-refractivity contribution in [2.24, 2.45) is 5.73 Å². The highest BCUT2D eigenvalue weighted by Gasteiger charge is 2.17. The van der Waals surface area contributed by atoms with Crippen LogP contribution in [0.1, 0.15) is 37.6 Å². The number of alkyl carbamates (subject to hydrolysis) is 1. The molecule has 0 aliphatic carbocycles. The number of rotatable bonds is 9. The van der Waals surface area contributed by atoms with Crippen LogP contribution in [0.4, 0.5) is 10.7 Å². The molecule has 2 aromatic rings. The van der Waals surface area contributed by atoms with Crippen molar-refractivity contribution in [3.63, 3.8) is 0 Å². The van der Waals surface area contributed by atoms with Gasteiger partial charge in [0.2, 0.25) is 11.9 Å². The van der Waals surface area contributed by atoms with Crippen molar-refractivity contribution in [1.29, 1.82) is 0 Å². The number of nitrogen functional groups attached to an aromatic ring is 1. The van der Waals surface area contributed by atoms with Crippen LogP contribution in [0.2, 0.25) is 0 Å². The lowest BCUT2D eigenvalue weighted by Gasteiger charge is -2.19. The molecule has 30 heavy (non-hydrogen) atoms. The molecule has 10 nitrogen and oxygen atoms in total. The number of nitrogens with two attached hydrogens (primary N) is 2. The smallest absolute Gasteiger partial charge is 0.407 e. The summed E-state index contributed by atoms with van der Waals surface area (Å²) in [4.78, 5) is 27.6. The molecule has 0 aliphatic heterocycles. The lowest BCUT2D eigenvalue weighted by molar-refractivity contribution is 0.0525. The first-order valence-electron chi connectivity index (χ1n) is 9.57. The van der Waals surface area contributed by atoms with Crippen LogP contribution in [-0.4, -0.2) is 52.0 Å². The Labute approximate surface area is 174 Å². The van der Waals surface area contributed by atoms with Crippen molar-refractivity contribution in [3.8, 4) is 5.75 Å². The molecule has 1 aromatic carbocycles. The van der Waals surface area contributed by atoms with Crippen molar-refractivity contribution in [2.45, 2.75) is 39.3 Å². The van der Waals surface area contributed by atoms with Crippen molar-refractivity contribution in [2.75, 3.05) is 25.5 Å². The van der Waals surface area contributed by atoms with Gasteiger partial charge in [-0.1, -0.05) is 12.2 Å². The second-order valence-corrected chi connectivity index (χ2v) is 7.57. The standard InChI is InChI=1S/C20H29N5O5/c1-20(2,3)30-19(28)23-7-6-10-29-15-12-13(17(21)27)11-14-16(15)25(18(22)24-14)8-4-5-9-26/h4-5,11-12,26H,6-10H2,1-3H3,(H2,21,27)(H2,22,24)(H,23,28)/b5-4+. The van der Waals surface area contributed by atoms with Crippen molar-refractivity contribution >= 4 is 29.0 Å². The number of hydrogen-bond donors (Lipinski definition) is 4. The van der Waals surface area contributed by atoms with E-state index in [4.69, 9.17) is 26.0 Å². The van der Waals surface area contributed by atoms with E-state index in [0.29, 0.717) is 36.3 Å². The molecule has 0 saturated carbocycles. The van der Waals surface area contributed by atoms with Gasteiger partial charge < -0.3 is 35.9 Å². The second kappa shape index (κ2) is 9.97. The number of aliphatic hydroxyl groups is 1. The maximum absolute atomic E-state index is 11.7. The molecular weight excluding hydrogens is 390 g/mol. The second-order valence-electron chi connectivity index (χ2n) is 7.57. The van der Waals surface area contributed by atoms with Crippen LogP contribution < -0.4 is 21.5 Å². The molecule has 1 heterocycles. The van der Waals surface area contributed by atoms with Gasteiger partial charge in [0.25, 0.3) is 0 Å². The predicted octanol–water partition coefficient (Wildman–Crippen LogP) is 1.56. The summed E-state index contributed by atoms with van der Waals surface area (Å²) in [7, 11) is 0. The molecule has 0 radical (unpaired) electrons. The van der Waals surface area contributed by atoms with Crippen LogP contribution in [0, 0.1) is 0 Å². The number of ether oxygens (including phenoxy) is 2. The Hall–Kier alpha value is -3.27. The molecule has 2 rings (SSSR count). The van der Waals surface area contributed by atoms with Crippen LogP contribution in [0.25, 0.3) is 11.0 Å². The molecule has 0 aliphatic rings. The van der Waals surface area contributed by atoms with Crippen molar-refractivity contribution in [3.05, 3.63) is 29.8 Å². The third kappa shape index (κ3) is 6.38. The van der Waals surface area contributed by atoms with Gasteiger partial charge in [0.05, 0.1) is 18.7 Å². The summed E-state index contributed by atoms with van der Waals surface area (Å²) >= 11 is 0. The molecular formula is C20H29N5O5. The monoisotopic (exact) mass is 419 g/mol. The normalized spacial score (nSPS) is 11.7. The molecule has 164 valence electrons. The number of nitrogens with zero attached hydrogens (tertiary/aromatic N) is 2. The van der Waals surface area contributed by atoms with Gasteiger partial charge in [-0.3, -0.25) is 4.79 Å². The number of imidazole rings is 1. The van der Waals surface area contributed by atoms with Crippen LogP contribution in [0.15, 0.2) is 24.3 Å². The number of carbonyl (C=O) groups is 2. The Morgan fingerprint density at radius 3 is 2.67 bits per heavy atom. The molecule has 0 bridgehead atoms. The van der Waals surface area contributed by atoms with E-state index in [2.05, 4.69) is 10.3 Å². The third-order valence-corrected chi connectivity index (χ3v) is 3.93. The summed E-state index contributed by atoms with van der Waals surface area (Å²) in [6, 6.07) is 3.09. The number of carbonyl (C=O) groups excluding carboxylic acids is 2. The first-order chi connectivity index (χ1) is 14.1. The summed E-state index contributed by atoms with van der Waals surface area (Å²) in [6.45, 7) is 6.27. The molecule has 0 fully saturated rings. The first-order valence-corrected chi connectivity index (χ1v) is 9.57. The number of aromatic nitrogens is 2. The fraction of sp³-hybridized carbons (Fsp3) is 0.450. The van der Waals surface area contributed by atoms with Crippen molar-refractivity contribution in [1.82, 2.24) is 14.9 Å². The number of amides is 2. The topological polar surface area (TPSA) is 155 Å². The molecule has 0 unspecified atom stereocenters. The number of allylic oxidation sites excluding steroid dienone is 1. The lowest BCUT2D eigenvalue weighted by atomic mass is 10.1.